The molecule has 0 fully saturated rings. The summed E-state index contributed by atoms with van der Waals surface area (Å²) in [5.41, 5.74) is 3.27. The second kappa shape index (κ2) is 8.19. The van der Waals surface area contributed by atoms with Crippen LogP contribution in [0.15, 0.2) is 66.1 Å². The Morgan fingerprint density at radius 1 is 1.15 bits per heavy atom. The van der Waals surface area contributed by atoms with E-state index in [1.54, 1.807) is 11.2 Å². The lowest BCUT2D eigenvalue weighted by molar-refractivity contribution is -0.129. The molecule has 0 aliphatic carbocycles. The van der Waals surface area contributed by atoms with Gasteiger partial charge in [0.25, 0.3) is 0 Å². The molecule has 26 heavy (non-hydrogen) atoms. The molecule has 3 rings (SSSR count). The van der Waals surface area contributed by atoms with E-state index < -0.39 is 0 Å². The van der Waals surface area contributed by atoms with E-state index in [-0.39, 0.29) is 11.2 Å². The normalized spacial score (nSPS) is 12.0. The number of rotatable bonds is 6. The summed E-state index contributed by atoms with van der Waals surface area (Å²) in [5, 5.41) is 8.70. The summed E-state index contributed by atoms with van der Waals surface area (Å²) in [6.07, 6.45) is 1.69. The number of nitrogens with zero attached hydrogens (tertiary/aromatic N) is 4. The molecule has 0 N–H and O–H groups in total. The molecule has 3 aromatic rings. The second-order valence-corrected chi connectivity index (χ2v) is 7.52. The summed E-state index contributed by atoms with van der Waals surface area (Å²) in [6.45, 7) is 4.55. The van der Waals surface area contributed by atoms with E-state index in [2.05, 4.69) is 10.2 Å². The number of hydrogen-bond donors (Lipinski definition) is 0. The highest BCUT2D eigenvalue weighted by Crippen LogP contribution is 2.26. The Labute approximate surface area is 158 Å². The zero-order valence-electron chi connectivity index (χ0n) is 15.2. The van der Waals surface area contributed by atoms with E-state index in [9.17, 15) is 4.79 Å². The first-order valence-electron chi connectivity index (χ1n) is 8.48. The fourth-order valence-corrected chi connectivity index (χ4v) is 3.71. The van der Waals surface area contributed by atoms with E-state index >= 15 is 0 Å². The summed E-state index contributed by atoms with van der Waals surface area (Å²) < 4.78 is 1.93. The van der Waals surface area contributed by atoms with Crippen LogP contribution < -0.4 is 0 Å². The molecule has 0 saturated carbocycles. The Bertz CT molecular complexity index is 878. The van der Waals surface area contributed by atoms with Crippen LogP contribution in [0.2, 0.25) is 0 Å². The predicted molar refractivity (Wildman–Crippen MR) is 104 cm³/mol. The summed E-state index contributed by atoms with van der Waals surface area (Å²) in [6, 6.07) is 18.0. The summed E-state index contributed by atoms with van der Waals surface area (Å²) in [4.78, 5) is 14.5. The van der Waals surface area contributed by atoms with Gasteiger partial charge in [-0.15, -0.1) is 10.2 Å². The van der Waals surface area contributed by atoms with Crippen LogP contribution in [0.1, 0.15) is 18.1 Å². The van der Waals surface area contributed by atoms with Crippen LogP contribution in [-0.4, -0.2) is 37.9 Å². The molecule has 2 aromatic carbocycles. The van der Waals surface area contributed by atoms with Crippen LogP contribution in [-0.2, 0) is 11.3 Å². The maximum Gasteiger partial charge on any atom is 0.235 e. The van der Waals surface area contributed by atoms with Crippen molar-refractivity contribution in [3.63, 3.8) is 0 Å². The van der Waals surface area contributed by atoms with Crippen molar-refractivity contribution in [2.24, 2.45) is 0 Å². The SMILES string of the molecule is Cc1ccccc1-n1cnnc1S[C@H](C)C(=O)N(C)Cc1ccccc1. The zero-order chi connectivity index (χ0) is 18.5. The number of benzene rings is 2. The number of aryl methyl sites for hydroxylation is 1. The number of amides is 1. The van der Waals surface area contributed by atoms with Gasteiger partial charge in [-0.3, -0.25) is 9.36 Å². The molecule has 0 aliphatic heterocycles. The number of carbonyl (C=O) groups is 1. The van der Waals surface area contributed by atoms with Gasteiger partial charge in [-0.05, 0) is 31.0 Å². The molecular weight excluding hydrogens is 344 g/mol. The lowest BCUT2D eigenvalue weighted by atomic mass is 10.2. The van der Waals surface area contributed by atoms with Crippen LogP contribution in [0.5, 0.6) is 0 Å². The van der Waals surface area contributed by atoms with E-state index in [4.69, 9.17) is 0 Å². The first-order chi connectivity index (χ1) is 12.6. The minimum Gasteiger partial charge on any atom is -0.340 e. The molecule has 1 atom stereocenters. The Morgan fingerprint density at radius 2 is 1.85 bits per heavy atom. The van der Waals surface area contributed by atoms with Gasteiger partial charge in [0.1, 0.15) is 6.33 Å². The molecule has 1 heterocycles. The summed E-state index contributed by atoms with van der Waals surface area (Å²) >= 11 is 1.43. The molecule has 134 valence electrons. The molecule has 0 saturated heterocycles. The van der Waals surface area contributed by atoms with Crippen molar-refractivity contribution in [1.29, 1.82) is 0 Å². The molecule has 0 aliphatic rings. The summed E-state index contributed by atoms with van der Waals surface area (Å²) in [7, 11) is 1.83. The van der Waals surface area contributed by atoms with E-state index in [0.29, 0.717) is 11.7 Å². The monoisotopic (exact) mass is 366 g/mol. The third-order valence-electron chi connectivity index (χ3n) is 4.16. The molecule has 0 bridgehead atoms. The highest BCUT2D eigenvalue weighted by atomic mass is 32.2. The van der Waals surface area contributed by atoms with Gasteiger partial charge in [0.05, 0.1) is 10.9 Å². The number of carbonyl (C=O) groups excluding carboxylic acids is 1. The van der Waals surface area contributed by atoms with Crippen molar-refractivity contribution in [2.75, 3.05) is 7.05 Å². The Hall–Kier alpha value is -2.60. The molecule has 1 amide bonds. The fraction of sp³-hybridized carbons (Fsp3) is 0.250. The van der Waals surface area contributed by atoms with Crippen LogP contribution >= 0.6 is 11.8 Å². The molecule has 0 spiro atoms. The van der Waals surface area contributed by atoms with Crippen LogP contribution in [0, 0.1) is 6.92 Å². The van der Waals surface area contributed by atoms with Gasteiger partial charge in [-0.1, -0.05) is 60.3 Å². The van der Waals surface area contributed by atoms with E-state index in [1.165, 1.54) is 11.8 Å². The van der Waals surface area contributed by atoms with Crippen molar-refractivity contribution >= 4 is 17.7 Å². The van der Waals surface area contributed by atoms with Gasteiger partial charge in [-0.2, -0.15) is 0 Å². The Morgan fingerprint density at radius 3 is 2.58 bits per heavy atom. The van der Waals surface area contributed by atoms with Crippen molar-refractivity contribution in [3.05, 3.63) is 72.1 Å². The van der Waals surface area contributed by atoms with Gasteiger partial charge in [-0.25, -0.2) is 0 Å². The number of thioether (sulfide) groups is 1. The largest absolute Gasteiger partial charge is 0.340 e. The van der Waals surface area contributed by atoms with E-state index in [1.807, 2.05) is 80.1 Å². The van der Waals surface area contributed by atoms with Gasteiger partial charge < -0.3 is 4.90 Å². The number of aromatic nitrogens is 3. The smallest absolute Gasteiger partial charge is 0.235 e. The third kappa shape index (κ3) is 4.14. The molecule has 5 nitrogen and oxygen atoms in total. The molecule has 1 aromatic heterocycles. The Balaban J connectivity index is 1.70. The van der Waals surface area contributed by atoms with Crippen molar-refractivity contribution in [3.8, 4) is 5.69 Å². The standard InChI is InChI=1S/C20H22N4OS/c1-15-9-7-8-12-18(15)24-14-21-22-20(24)26-16(2)19(25)23(3)13-17-10-5-4-6-11-17/h4-12,14,16H,13H2,1-3H3/t16-/m1/s1. The first kappa shape index (κ1) is 18.2. The van der Waals surface area contributed by atoms with Gasteiger partial charge in [0.15, 0.2) is 5.16 Å². The molecule has 6 heteroatoms. The fourth-order valence-electron chi connectivity index (χ4n) is 2.76. The van der Waals surface area contributed by atoms with Crippen molar-refractivity contribution in [2.45, 2.75) is 30.8 Å². The van der Waals surface area contributed by atoms with Crippen LogP contribution in [0.3, 0.4) is 0 Å². The number of para-hydroxylation sites is 1. The average molecular weight is 366 g/mol. The van der Waals surface area contributed by atoms with Crippen LogP contribution in [0.25, 0.3) is 5.69 Å². The maximum atomic E-state index is 12.7. The minimum absolute atomic E-state index is 0.0678. The minimum atomic E-state index is -0.254. The molecule has 0 radical (unpaired) electrons. The molecular formula is C20H22N4OS. The lowest BCUT2D eigenvalue weighted by Crippen LogP contribution is -2.32. The Kier molecular flexibility index (Phi) is 5.73. The first-order valence-corrected chi connectivity index (χ1v) is 9.36. The quantitative estimate of drug-likeness (QED) is 0.624. The predicted octanol–water partition coefficient (Wildman–Crippen LogP) is 3.71. The van der Waals surface area contributed by atoms with Gasteiger partial charge in [0.2, 0.25) is 5.91 Å². The highest BCUT2D eigenvalue weighted by molar-refractivity contribution is 8.00. The third-order valence-corrected chi connectivity index (χ3v) is 5.20. The average Bonchev–Trinajstić information content (AvgIpc) is 3.10. The topological polar surface area (TPSA) is 51.0 Å². The molecule has 0 unspecified atom stereocenters. The van der Waals surface area contributed by atoms with Crippen molar-refractivity contribution < 1.29 is 4.79 Å². The number of hydrogen-bond acceptors (Lipinski definition) is 4. The highest BCUT2D eigenvalue weighted by Gasteiger charge is 2.22. The lowest BCUT2D eigenvalue weighted by Gasteiger charge is -2.21. The maximum absolute atomic E-state index is 12.7. The van der Waals surface area contributed by atoms with Gasteiger partial charge in [0, 0.05) is 13.6 Å². The summed E-state index contributed by atoms with van der Waals surface area (Å²) in [5.74, 6) is 0.0678. The second-order valence-electron chi connectivity index (χ2n) is 6.21. The van der Waals surface area contributed by atoms with Crippen molar-refractivity contribution in [1.82, 2.24) is 19.7 Å². The zero-order valence-corrected chi connectivity index (χ0v) is 16.0. The van der Waals surface area contributed by atoms with Gasteiger partial charge >= 0.3 is 0 Å². The van der Waals surface area contributed by atoms with Crippen LogP contribution in [0.4, 0.5) is 0 Å². The van der Waals surface area contributed by atoms with E-state index in [0.717, 1.165) is 16.8 Å².